The van der Waals surface area contributed by atoms with Gasteiger partial charge in [-0.05, 0) is 44.1 Å². The molecule has 62 valence electrons. The molecule has 2 heteroatoms. The lowest BCUT2D eigenvalue weighted by molar-refractivity contribution is 0.428. The molecule has 2 aliphatic rings. The number of fused-ring (bicyclic) bond motifs is 1. The molecule has 1 saturated carbocycles. The fourth-order valence-electron chi connectivity index (χ4n) is 2.48. The Morgan fingerprint density at radius 2 is 1.73 bits per heavy atom. The van der Waals surface area contributed by atoms with Crippen LogP contribution in [0.25, 0.3) is 0 Å². The molecular formula is C9H16N2. The zero-order valence-electron chi connectivity index (χ0n) is 6.90. The maximum absolute atomic E-state index is 6.22. The van der Waals surface area contributed by atoms with Gasteiger partial charge in [0.1, 0.15) is 0 Å². The fraction of sp³-hybridized carbons (Fsp3) is 0.778. The summed E-state index contributed by atoms with van der Waals surface area (Å²) in [6.07, 6.45) is 6.97. The minimum Gasteiger partial charge on any atom is -0.402 e. The van der Waals surface area contributed by atoms with Gasteiger partial charge >= 0.3 is 0 Å². The Kier molecular flexibility index (Phi) is 1.46. The van der Waals surface area contributed by atoms with Crippen LogP contribution < -0.4 is 11.5 Å². The van der Waals surface area contributed by atoms with E-state index in [2.05, 4.69) is 0 Å². The summed E-state index contributed by atoms with van der Waals surface area (Å²) in [5, 5.41) is 0. The number of allylic oxidation sites excluding steroid dienone is 1. The van der Waals surface area contributed by atoms with Gasteiger partial charge in [0.05, 0.1) is 0 Å². The first-order chi connectivity index (χ1) is 5.22. The van der Waals surface area contributed by atoms with Gasteiger partial charge in [-0.3, -0.25) is 0 Å². The van der Waals surface area contributed by atoms with Crippen LogP contribution in [0, 0.1) is 0 Å². The Morgan fingerprint density at radius 1 is 1.09 bits per heavy atom. The Balaban J connectivity index is 2.37. The molecule has 1 unspecified atom stereocenters. The SMILES string of the molecule is NC1=C2CCCC2(N)CCC1. The van der Waals surface area contributed by atoms with Crippen LogP contribution in [-0.2, 0) is 0 Å². The van der Waals surface area contributed by atoms with Crippen molar-refractivity contribution in [2.24, 2.45) is 11.5 Å². The fourth-order valence-corrected chi connectivity index (χ4v) is 2.48. The van der Waals surface area contributed by atoms with Crippen molar-refractivity contribution >= 4 is 0 Å². The van der Waals surface area contributed by atoms with Gasteiger partial charge in [0.15, 0.2) is 0 Å². The minimum atomic E-state index is 0.0162. The molecule has 0 aromatic heterocycles. The largest absolute Gasteiger partial charge is 0.402 e. The van der Waals surface area contributed by atoms with E-state index in [1.165, 1.54) is 18.4 Å². The monoisotopic (exact) mass is 152 g/mol. The molecular weight excluding hydrogens is 136 g/mol. The standard InChI is InChI=1S/C9H16N2/c10-8-4-2-6-9(11)5-1-3-7(8)9/h1-6,10-11H2. The first kappa shape index (κ1) is 7.17. The van der Waals surface area contributed by atoms with Gasteiger partial charge in [-0.15, -0.1) is 0 Å². The van der Waals surface area contributed by atoms with E-state index in [0.29, 0.717) is 0 Å². The topological polar surface area (TPSA) is 52.0 Å². The third-order valence-electron chi connectivity index (χ3n) is 3.11. The lowest BCUT2D eigenvalue weighted by Gasteiger charge is -2.31. The molecule has 0 heterocycles. The van der Waals surface area contributed by atoms with Crippen molar-refractivity contribution in [3.63, 3.8) is 0 Å². The van der Waals surface area contributed by atoms with Crippen molar-refractivity contribution in [3.8, 4) is 0 Å². The minimum absolute atomic E-state index is 0.0162. The molecule has 2 nitrogen and oxygen atoms in total. The van der Waals surface area contributed by atoms with Crippen molar-refractivity contribution in [2.45, 2.75) is 44.1 Å². The van der Waals surface area contributed by atoms with E-state index in [1.807, 2.05) is 0 Å². The van der Waals surface area contributed by atoms with Gasteiger partial charge in [0.25, 0.3) is 0 Å². The summed E-state index contributed by atoms with van der Waals surface area (Å²) in [4.78, 5) is 0. The van der Waals surface area contributed by atoms with Crippen molar-refractivity contribution in [1.82, 2.24) is 0 Å². The highest BCUT2D eigenvalue weighted by molar-refractivity contribution is 5.30. The molecule has 11 heavy (non-hydrogen) atoms. The maximum Gasteiger partial charge on any atom is 0.0388 e. The van der Waals surface area contributed by atoms with E-state index in [9.17, 15) is 0 Å². The van der Waals surface area contributed by atoms with Gasteiger partial charge in [-0.2, -0.15) is 0 Å². The molecule has 1 atom stereocenters. The van der Waals surface area contributed by atoms with Crippen LogP contribution in [0.3, 0.4) is 0 Å². The summed E-state index contributed by atoms with van der Waals surface area (Å²) in [6, 6.07) is 0. The summed E-state index contributed by atoms with van der Waals surface area (Å²) < 4.78 is 0. The summed E-state index contributed by atoms with van der Waals surface area (Å²) >= 11 is 0. The number of hydrogen-bond acceptors (Lipinski definition) is 2. The predicted molar refractivity (Wildman–Crippen MR) is 45.8 cm³/mol. The van der Waals surface area contributed by atoms with Crippen LogP contribution in [0.5, 0.6) is 0 Å². The van der Waals surface area contributed by atoms with Crippen LogP contribution in [0.1, 0.15) is 38.5 Å². The van der Waals surface area contributed by atoms with Crippen LogP contribution in [0.4, 0.5) is 0 Å². The molecule has 0 aromatic carbocycles. The zero-order chi connectivity index (χ0) is 7.90. The Labute approximate surface area is 67.6 Å². The number of hydrogen-bond donors (Lipinski definition) is 2. The van der Waals surface area contributed by atoms with Gasteiger partial charge in [0, 0.05) is 11.2 Å². The molecule has 4 N–H and O–H groups in total. The van der Waals surface area contributed by atoms with Crippen molar-refractivity contribution in [3.05, 3.63) is 11.3 Å². The third kappa shape index (κ3) is 0.968. The maximum atomic E-state index is 6.22. The van der Waals surface area contributed by atoms with E-state index in [-0.39, 0.29) is 5.54 Å². The molecule has 0 spiro atoms. The Morgan fingerprint density at radius 3 is 2.36 bits per heavy atom. The van der Waals surface area contributed by atoms with Gasteiger partial charge in [-0.1, -0.05) is 0 Å². The van der Waals surface area contributed by atoms with E-state index >= 15 is 0 Å². The molecule has 0 saturated heterocycles. The highest BCUT2D eigenvalue weighted by Gasteiger charge is 2.37. The third-order valence-corrected chi connectivity index (χ3v) is 3.11. The molecule has 0 aliphatic heterocycles. The number of nitrogens with two attached hydrogens (primary N) is 2. The van der Waals surface area contributed by atoms with Crippen molar-refractivity contribution in [2.75, 3.05) is 0 Å². The lowest BCUT2D eigenvalue weighted by Crippen LogP contribution is -2.41. The quantitative estimate of drug-likeness (QED) is 0.549. The first-order valence-corrected chi connectivity index (χ1v) is 4.49. The van der Waals surface area contributed by atoms with Crippen LogP contribution in [-0.4, -0.2) is 5.54 Å². The zero-order valence-corrected chi connectivity index (χ0v) is 6.90. The molecule has 0 aromatic rings. The van der Waals surface area contributed by atoms with E-state index in [1.54, 1.807) is 0 Å². The van der Waals surface area contributed by atoms with E-state index in [0.717, 1.165) is 31.4 Å². The predicted octanol–water partition coefficient (Wildman–Crippen LogP) is 1.26. The van der Waals surface area contributed by atoms with Crippen LogP contribution in [0.2, 0.25) is 0 Å². The van der Waals surface area contributed by atoms with Crippen molar-refractivity contribution < 1.29 is 0 Å². The highest BCUT2D eigenvalue weighted by Crippen LogP contribution is 2.41. The average Bonchev–Trinajstić information content (AvgIpc) is 2.31. The van der Waals surface area contributed by atoms with Gasteiger partial charge in [0.2, 0.25) is 0 Å². The smallest absolute Gasteiger partial charge is 0.0388 e. The molecule has 2 aliphatic carbocycles. The average molecular weight is 152 g/mol. The Bertz CT molecular complexity index is 208. The van der Waals surface area contributed by atoms with E-state index in [4.69, 9.17) is 11.5 Å². The molecule has 2 rings (SSSR count). The second kappa shape index (κ2) is 2.24. The second-order valence-electron chi connectivity index (χ2n) is 3.87. The molecule has 0 amide bonds. The van der Waals surface area contributed by atoms with E-state index < -0.39 is 0 Å². The summed E-state index contributed by atoms with van der Waals surface area (Å²) in [5.74, 6) is 0. The van der Waals surface area contributed by atoms with Gasteiger partial charge in [-0.25, -0.2) is 0 Å². The normalized spacial score (nSPS) is 37.5. The lowest BCUT2D eigenvalue weighted by atomic mass is 9.82. The summed E-state index contributed by atoms with van der Waals surface area (Å²) in [5.41, 5.74) is 14.6. The molecule has 0 bridgehead atoms. The van der Waals surface area contributed by atoms with Crippen LogP contribution in [0.15, 0.2) is 11.3 Å². The molecule has 0 radical (unpaired) electrons. The first-order valence-electron chi connectivity index (χ1n) is 4.49. The summed E-state index contributed by atoms with van der Waals surface area (Å²) in [7, 11) is 0. The number of rotatable bonds is 0. The second-order valence-corrected chi connectivity index (χ2v) is 3.87. The van der Waals surface area contributed by atoms with Crippen molar-refractivity contribution in [1.29, 1.82) is 0 Å². The highest BCUT2D eigenvalue weighted by atomic mass is 14.8. The van der Waals surface area contributed by atoms with Crippen LogP contribution >= 0.6 is 0 Å². The Hall–Kier alpha value is -0.500. The van der Waals surface area contributed by atoms with Gasteiger partial charge < -0.3 is 11.5 Å². The molecule has 1 fully saturated rings. The summed E-state index contributed by atoms with van der Waals surface area (Å²) in [6.45, 7) is 0.